The van der Waals surface area contributed by atoms with E-state index < -0.39 is 12.1 Å². The first kappa shape index (κ1) is 19.7. The molecule has 1 N–H and O–H groups in total. The van der Waals surface area contributed by atoms with Gasteiger partial charge in [-0.2, -0.15) is 11.8 Å². The van der Waals surface area contributed by atoms with Crippen molar-refractivity contribution in [3.63, 3.8) is 0 Å². The van der Waals surface area contributed by atoms with Crippen molar-refractivity contribution in [1.29, 1.82) is 0 Å². The van der Waals surface area contributed by atoms with Gasteiger partial charge in [-0.1, -0.05) is 44.2 Å². The summed E-state index contributed by atoms with van der Waals surface area (Å²) in [4.78, 5) is 23.5. The number of carbonyl (C=O) groups is 2. The largest absolute Gasteiger partial charge is 0.364 e. The molecule has 1 aromatic rings. The zero-order valence-electron chi connectivity index (χ0n) is 14.2. The Balaban J connectivity index is 2.60. The minimum absolute atomic E-state index is 0.201. The Morgan fingerprint density at radius 1 is 1.30 bits per heavy atom. The first-order valence-corrected chi connectivity index (χ1v) is 9.36. The lowest BCUT2D eigenvalue weighted by Crippen LogP contribution is -2.44. The molecule has 0 unspecified atom stereocenters. The third kappa shape index (κ3) is 8.18. The number of benzene rings is 1. The topological polar surface area (TPSA) is 55.4 Å². The molecule has 1 rings (SSSR count). The monoisotopic (exact) mass is 337 g/mol. The fourth-order valence-electron chi connectivity index (χ4n) is 2.14. The number of aldehydes is 1. The number of rotatable bonds is 11. The molecule has 1 aromatic carbocycles. The lowest BCUT2D eigenvalue weighted by molar-refractivity contribution is -0.136. The molecule has 0 spiro atoms. The lowest BCUT2D eigenvalue weighted by atomic mass is 10.0. The van der Waals surface area contributed by atoms with Gasteiger partial charge in [0.25, 0.3) is 0 Å². The van der Waals surface area contributed by atoms with Crippen molar-refractivity contribution >= 4 is 24.0 Å². The van der Waals surface area contributed by atoms with E-state index in [4.69, 9.17) is 4.74 Å². The van der Waals surface area contributed by atoms with E-state index >= 15 is 0 Å². The Hall–Kier alpha value is -1.33. The summed E-state index contributed by atoms with van der Waals surface area (Å²) < 4.78 is 5.82. The molecular weight excluding hydrogens is 310 g/mol. The van der Waals surface area contributed by atoms with E-state index in [0.717, 1.165) is 17.6 Å². The van der Waals surface area contributed by atoms with Crippen LogP contribution in [0.1, 0.15) is 32.3 Å². The highest BCUT2D eigenvalue weighted by Gasteiger charge is 2.23. The van der Waals surface area contributed by atoms with Gasteiger partial charge >= 0.3 is 0 Å². The van der Waals surface area contributed by atoms with Crippen molar-refractivity contribution in [2.75, 3.05) is 12.0 Å². The highest BCUT2D eigenvalue weighted by Crippen LogP contribution is 2.12. The second-order valence-electron chi connectivity index (χ2n) is 5.95. The molecule has 23 heavy (non-hydrogen) atoms. The van der Waals surface area contributed by atoms with E-state index in [0.29, 0.717) is 25.4 Å². The van der Waals surface area contributed by atoms with Crippen LogP contribution in [0.3, 0.4) is 0 Å². The molecule has 0 aliphatic carbocycles. The minimum Gasteiger partial charge on any atom is -0.364 e. The summed E-state index contributed by atoms with van der Waals surface area (Å²) in [6.07, 6.45) is 3.52. The second kappa shape index (κ2) is 11.2. The molecule has 0 aliphatic rings. The van der Waals surface area contributed by atoms with Crippen LogP contribution >= 0.6 is 11.8 Å². The normalized spacial score (nSPS) is 13.6. The number of ether oxygens (including phenoxy) is 1. The fourth-order valence-corrected chi connectivity index (χ4v) is 2.63. The molecule has 0 saturated heterocycles. The number of hydrogen-bond acceptors (Lipinski definition) is 4. The van der Waals surface area contributed by atoms with Gasteiger partial charge < -0.3 is 14.8 Å². The Bertz CT molecular complexity index is 465. The average Bonchev–Trinajstić information content (AvgIpc) is 2.55. The first-order valence-electron chi connectivity index (χ1n) is 7.97. The van der Waals surface area contributed by atoms with Crippen LogP contribution in [0.2, 0.25) is 0 Å². The molecular formula is C18H27NO3S. The van der Waals surface area contributed by atoms with Crippen LogP contribution in [0.25, 0.3) is 0 Å². The van der Waals surface area contributed by atoms with E-state index in [9.17, 15) is 9.59 Å². The maximum Gasteiger partial charge on any atom is 0.249 e. The summed E-state index contributed by atoms with van der Waals surface area (Å²) in [5.41, 5.74) is 1.03. The summed E-state index contributed by atoms with van der Waals surface area (Å²) in [7, 11) is 0. The van der Waals surface area contributed by atoms with Crippen molar-refractivity contribution in [2.45, 2.75) is 45.4 Å². The Morgan fingerprint density at radius 2 is 2.00 bits per heavy atom. The van der Waals surface area contributed by atoms with Gasteiger partial charge in [0.05, 0.1) is 12.6 Å². The van der Waals surface area contributed by atoms with E-state index in [1.807, 2.05) is 36.6 Å². The van der Waals surface area contributed by atoms with Crippen LogP contribution in [0.4, 0.5) is 0 Å². The number of hydrogen-bond donors (Lipinski definition) is 1. The van der Waals surface area contributed by atoms with Crippen LogP contribution in [-0.2, 0) is 20.9 Å². The van der Waals surface area contributed by atoms with Crippen molar-refractivity contribution < 1.29 is 14.3 Å². The summed E-state index contributed by atoms with van der Waals surface area (Å²) in [6, 6.07) is 9.34. The summed E-state index contributed by atoms with van der Waals surface area (Å²) >= 11 is 1.66. The third-order valence-electron chi connectivity index (χ3n) is 3.40. The summed E-state index contributed by atoms with van der Waals surface area (Å²) in [6.45, 7) is 4.50. The van der Waals surface area contributed by atoms with Crippen LogP contribution < -0.4 is 5.32 Å². The van der Waals surface area contributed by atoms with Crippen molar-refractivity contribution in [1.82, 2.24) is 5.32 Å². The molecule has 0 bridgehead atoms. The van der Waals surface area contributed by atoms with Gasteiger partial charge in [-0.3, -0.25) is 4.79 Å². The third-order valence-corrected chi connectivity index (χ3v) is 4.04. The maximum atomic E-state index is 12.4. The zero-order chi connectivity index (χ0) is 17.1. The Kier molecular flexibility index (Phi) is 9.64. The van der Waals surface area contributed by atoms with E-state index in [1.165, 1.54) is 0 Å². The van der Waals surface area contributed by atoms with Gasteiger partial charge in [-0.15, -0.1) is 0 Å². The first-order chi connectivity index (χ1) is 11.1. The van der Waals surface area contributed by atoms with Gasteiger partial charge in [-0.25, -0.2) is 0 Å². The predicted octanol–water partition coefficient (Wildman–Crippen LogP) is 3.05. The number of thioether (sulfide) groups is 1. The average molecular weight is 337 g/mol. The molecule has 2 atom stereocenters. The molecule has 0 radical (unpaired) electrons. The van der Waals surface area contributed by atoms with Gasteiger partial charge in [0, 0.05) is 0 Å². The molecule has 0 aromatic heterocycles. The highest BCUT2D eigenvalue weighted by molar-refractivity contribution is 7.98. The highest BCUT2D eigenvalue weighted by atomic mass is 32.2. The number of carbonyl (C=O) groups excluding carboxylic acids is 2. The second-order valence-corrected chi connectivity index (χ2v) is 6.93. The summed E-state index contributed by atoms with van der Waals surface area (Å²) in [5, 5.41) is 2.80. The quantitative estimate of drug-likeness (QED) is 0.631. The SMILES string of the molecule is CSCC[C@@H](C=O)NC(=O)[C@H](CC(C)C)OCc1ccccc1. The van der Waals surface area contributed by atoms with Crippen molar-refractivity contribution in [3.05, 3.63) is 35.9 Å². The van der Waals surface area contributed by atoms with E-state index in [1.54, 1.807) is 11.8 Å². The standard InChI is InChI=1S/C18H27NO3S/c1-14(2)11-17(22-13-15-7-5-4-6-8-15)18(21)19-16(12-20)9-10-23-3/h4-8,12,14,16-17H,9-11,13H2,1-3H3,(H,19,21)/t16-,17-/m0/s1. The van der Waals surface area contributed by atoms with Gasteiger partial charge in [0.15, 0.2) is 0 Å². The van der Waals surface area contributed by atoms with Gasteiger partial charge in [0.2, 0.25) is 5.91 Å². The number of amides is 1. The molecule has 128 valence electrons. The maximum absolute atomic E-state index is 12.4. The lowest BCUT2D eigenvalue weighted by Gasteiger charge is -2.21. The molecule has 1 amide bonds. The fraction of sp³-hybridized carbons (Fsp3) is 0.556. The molecule has 0 saturated carbocycles. The van der Waals surface area contributed by atoms with E-state index in [-0.39, 0.29) is 5.91 Å². The van der Waals surface area contributed by atoms with Crippen LogP contribution in [0.15, 0.2) is 30.3 Å². The number of nitrogens with one attached hydrogen (secondary N) is 1. The van der Waals surface area contributed by atoms with Crippen LogP contribution in [-0.4, -0.2) is 36.3 Å². The van der Waals surface area contributed by atoms with E-state index in [2.05, 4.69) is 19.2 Å². The summed E-state index contributed by atoms with van der Waals surface area (Å²) in [5.74, 6) is 0.971. The smallest absolute Gasteiger partial charge is 0.249 e. The Labute approximate surface area is 143 Å². The van der Waals surface area contributed by atoms with Crippen LogP contribution in [0.5, 0.6) is 0 Å². The molecule has 0 aliphatic heterocycles. The Morgan fingerprint density at radius 3 is 2.57 bits per heavy atom. The molecule has 0 fully saturated rings. The van der Waals surface area contributed by atoms with Gasteiger partial charge in [0.1, 0.15) is 12.4 Å². The predicted molar refractivity (Wildman–Crippen MR) is 95.5 cm³/mol. The van der Waals surface area contributed by atoms with Crippen molar-refractivity contribution in [3.8, 4) is 0 Å². The van der Waals surface area contributed by atoms with Gasteiger partial charge in [-0.05, 0) is 36.3 Å². The minimum atomic E-state index is -0.535. The molecule has 5 heteroatoms. The van der Waals surface area contributed by atoms with Crippen molar-refractivity contribution in [2.24, 2.45) is 5.92 Å². The molecule has 0 heterocycles. The zero-order valence-corrected chi connectivity index (χ0v) is 15.0. The molecule has 4 nitrogen and oxygen atoms in total. The van der Waals surface area contributed by atoms with Crippen LogP contribution in [0, 0.1) is 5.92 Å².